The van der Waals surface area contributed by atoms with Crippen LogP contribution in [-0.2, 0) is 11.3 Å². The second kappa shape index (κ2) is 9.31. The zero-order valence-electron chi connectivity index (χ0n) is 14.4. The normalized spacial score (nSPS) is 11.4. The number of urea groups is 1. The van der Waals surface area contributed by atoms with Gasteiger partial charge in [0.25, 0.3) is 0 Å². The van der Waals surface area contributed by atoms with E-state index in [0.29, 0.717) is 18.8 Å². The van der Waals surface area contributed by atoms with E-state index in [1.807, 2.05) is 24.6 Å². The van der Waals surface area contributed by atoms with Gasteiger partial charge in [-0.05, 0) is 38.1 Å². The lowest BCUT2D eigenvalue weighted by Crippen LogP contribution is -2.44. The van der Waals surface area contributed by atoms with Crippen LogP contribution in [0.2, 0.25) is 0 Å². The minimum absolute atomic E-state index is 0.0941. The zero-order valence-corrected chi connectivity index (χ0v) is 14.4. The van der Waals surface area contributed by atoms with E-state index in [1.54, 1.807) is 36.8 Å². The Balaban J connectivity index is 1.69. The summed E-state index contributed by atoms with van der Waals surface area (Å²) in [4.78, 5) is 27.6. The molecule has 3 N–H and O–H groups in total. The Kier molecular flexibility index (Phi) is 6.82. The van der Waals surface area contributed by atoms with Crippen LogP contribution >= 0.6 is 0 Å². The number of imidazole rings is 1. The number of rotatable bonds is 8. The van der Waals surface area contributed by atoms with Crippen LogP contribution in [0.15, 0.2) is 43.0 Å². The van der Waals surface area contributed by atoms with Gasteiger partial charge in [-0.15, -0.1) is 0 Å². The van der Waals surface area contributed by atoms with Crippen molar-refractivity contribution in [2.45, 2.75) is 26.4 Å². The minimum Gasteiger partial charge on any atom is -0.494 e. The molecule has 3 amide bonds. The number of amides is 3. The van der Waals surface area contributed by atoms with Crippen LogP contribution in [0.3, 0.4) is 0 Å². The summed E-state index contributed by atoms with van der Waals surface area (Å²) in [5, 5.41) is 8.00. The van der Waals surface area contributed by atoms with Crippen LogP contribution < -0.4 is 20.7 Å². The first-order chi connectivity index (χ1) is 12.1. The molecule has 0 bridgehead atoms. The van der Waals surface area contributed by atoms with E-state index < -0.39 is 6.03 Å². The molecular weight excluding hydrogens is 322 g/mol. The fourth-order valence-electron chi connectivity index (χ4n) is 2.20. The van der Waals surface area contributed by atoms with Gasteiger partial charge in [0, 0.05) is 30.7 Å². The molecule has 25 heavy (non-hydrogen) atoms. The minimum atomic E-state index is -0.394. The van der Waals surface area contributed by atoms with Gasteiger partial charge in [0.15, 0.2) is 0 Å². The van der Waals surface area contributed by atoms with E-state index >= 15 is 0 Å². The molecule has 2 aromatic rings. The van der Waals surface area contributed by atoms with E-state index in [1.165, 1.54) is 0 Å². The van der Waals surface area contributed by atoms with Crippen LogP contribution in [0.4, 0.5) is 10.5 Å². The Morgan fingerprint density at radius 2 is 2.04 bits per heavy atom. The molecule has 1 heterocycles. The molecule has 134 valence electrons. The molecule has 0 spiro atoms. The largest absolute Gasteiger partial charge is 0.494 e. The first-order valence-electron chi connectivity index (χ1n) is 8.09. The van der Waals surface area contributed by atoms with Gasteiger partial charge in [-0.3, -0.25) is 4.79 Å². The maximum Gasteiger partial charge on any atom is 0.315 e. The lowest BCUT2D eigenvalue weighted by molar-refractivity contribution is -0.115. The number of nitrogens with zero attached hydrogens (tertiary/aromatic N) is 2. The summed E-state index contributed by atoms with van der Waals surface area (Å²) < 4.78 is 7.20. The average Bonchev–Trinajstić information content (AvgIpc) is 3.08. The first-order valence-corrected chi connectivity index (χ1v) is 8.09. The number of aromatic nitrogens is 2. The van der Waals surface area contributed by atoms with Gasteiger partial charge in [0.1, 0.15) is 5.75 Å². The highest BCUT2D eigenvalue weighted by atomic mass is 16.5. The monoisotopic (exact) mass is 345 g/mol. The number of carbonyl (C=O) groups is 2. The van der Waals surface area contributed by atoms with E-state index in [4.69, 9.17) is 4.74 Å². The quantitative estimate of drug-likeness (QED) is 0.677. The molecule has 2 rings (SSSR count). The lowest BCUT2D eigenvalue weighted by atomic mass is 10.3. The molecule has 8 heteroatoms. The first kappa shape index (κ1) is 18.3. The van der Waals surface area contributed by atoms with Crippen LogP contribution in [0.5, 0.6) is 5.75 Å². The highest BCUT2D eigenvalue weighted by Gasteiger charge is 2.09. The Labute approximate surface area is 146 Å². The highest BCUT2D eigenvalue weighted by molar-refractivity contribution is 5.94. The van der Waals surface area contributed by atoms with Gasteiger partial charge >= 0.3 is 6.03 Å². The molecule has 0 aliphatic heterocycles. The third-order valence-electron chi connectivity index (χ3n) is 3.28. The van der Waals surface area contributed by atoms with Crippen molar-refractivity contribution in [3.63, 3.8) is 0 Å². The molecule has 0 saturated carbocycles. The molecule has 0 saturated heterocycles. The molecule has 1 aromatic carbocycles. The molecule has 0 aliphatic carbocycles. The van der Waals surface area contributed by atoms with Gasteiger partial charge < -0.3 is 25.3 Å². The Bertz CT molecular complexity index is 670. The molecule has 0 unspecified atom stereocenters. The van der Waals surface area contributed by atoms with Crippen LogP contribution in [0.25, 0.3) is 0 Å². The van der Waals surface area contributed by atoms with Crippen molar-refractivity contribution in [1.82, 2.24) is 20.2 Å². The smallest absolute Gasteiger partial charge is 0.315 e. The fraction of sp³-hybridized carbons (Fsp3) is 0.353. The highest BCUT2D eigenvalue weighted by Crippen LogP contribution is 2.15. The summed E-state index contributed by atoms with van der Waals surface area (Å²) in [6.45, 7) is 4.86. The van der Waals surface area contributed by atoms with E-state index in [-0.39, 0.29) is 18.5 Å². The lowest BCUT2D eigenvalue weighted by Gasteiger charge is -2.15. The molecular formula is C17H23N5O3. The van der Waals surface area contributed by atoms with Crippen molar-refractivity contribution in [1.29, 1.82) is 0 Å². The molecule has 8 nitrogen and oxygen atoms in total. The summed E-state index contributed by atoms with van der Waals surface area (Å²) in [5.74, 6) is 0.437. The number of benzene rings is 1. The summed E-state index contributed by atoms with van der Waals surface area (Å²) in [6.07, 6.45) is 5.18. The second-order valence-electron chi connectivity index (χ2n) is 5.49. The van der Waals surface area contributed by atoms with Crippen molar-refractivity contribution >= 4 is 17.6 Å². The zero-order chi connectivity index (χ0) is 18.1. The van der Waals surface area contributed by atoms with Gasteiger partial charge in [-0.1, -0.05) is 0 Å². The number of hydrogen-bond acceptors (Lipinski definition) is 4. The SMILES string of the molecule is CCOc1ccc(NC(=O)CNC(=O)N[C@H](C)Cn2ccnc2)cc1. The van der Waals surface area contributed by atoms with E-state index in [9.17, 15) is 9.59 Å². The predicted octanol–water partition coefficient (Wildman–Crippen LogP) is 1.61. The molecule has 0 radical (unpaired) electrons. The summed E-state index contributed by atoms with van der Waals surface area (Å²) in [7, 11) is 0. The maximum atomic E-state index is 11.9. The average molecular weight is 345 g/mol. The molecule has 1 aromatic heterocycles. The molecule has 1 atom stereocenters. The Morgan fingerprint density at radius 3 is 2.68 bits per heavy atom. The molecule has 0 aliphatic rings. The standard InChI is InChI=1S/C17H23N5O3/c1-3-25-15-6-4-14(5-7-15)21-16(23)10-19-17(24)20-13(2)11-22-9-8-18-12-22/h4-9,12-13H,3,10-11H2,1-2H3,(H,21,23)(H2,19,20,24)/t13-/m1/s1. The summed E-state index contributed by atoms with van der Waals surface area (Å²) >= 11 is 0. The predicted molar refractivity (Wildman–Crippen MR) is 94.5 cm³/mol. The number of ether oxygens (including phenoxy) is 1. The van der Waals surface area contributed by atoms with Crippen molar-refractivity contribution in [3.05, 3.63) is 43.0 Å². The van der Waals surface area contributed by atoms with E-state index in [0.717, 1.165) is 5.75 Å². The third kappa shape index (κ3) is 6.54. The summed E-state index contributed by atoms with van der Waals surface area (Å²) in [5.41, 5.74) is 0.643. The van der Waals surface area contributed by atoms with Crippen molar-refractivity contribution in [3.8, 4) is 5.75 Å². The van der Waals surface area contributed by atoms with Gasteiger partial charge in [-0.25, -0.2) is 9.78 Å². The van der Waals surface area contributed by atoms with Crippen LogP contribution in [0, 0.1) is 0 Å². The number of nitrogens with one attached hydrogen (secondary N) is 3. The topological polar surface area (TPSA) is 97.3 Å². The Hall–Kier alpha value is -3.03. The van der Waals surface area contributed by atoms with Crippen LogP contribution in [0.1, 0.15) is 13.8 Å². The molecule has 0 fully saturated rings. The van der Waals surface area contributed by atoms with Crippen molar-refractivity contribution in [2.75, 3.05) is 18.5 Å². The maximum absolute atomic E-state index is 11.9. The number of anilines is 1. The van der Waals surface area contributed by atoms with Crippen LogP contribution in [-0.4, -0.2) is 40.7 Å². The second-order valence-corrected chi connectivity index (χ2v) is 5.49. The van der Waals surface area contributed by atoms with Gasteiger partial charge in [0.05, 0.1) is 19.5 Å². The van der Waals surface area contributed by atoms with Gasteiger partial charge in [0.2, 0.25) is 5.91 Å². The summed E-state index contributed by atoms with van der Waals surface area (Å²) in [6, 6.07) is 6.55. The van der Waals surface area contributed by atoms with E-state index in [2.05, 4.69) is 20.9 Å². The van der Waals surface area contributed by atoms with Crippen molar-refractivity contribution in [2.24, 2.45) is 0 Å². The fourth-order valence-corrected chi connectivity index (χ4v) is 2.20. The number of hydrogen-bond donors (Lipinski definition) is 3. The number of carbonyl (C=O) groups excluding carboxylic acids is 2. The third-order valence-corrected chi connectivity index (χ3v) is 3.28. The van der Waals surface area contributed by atoms with Gasteiger partial charge in [-0.2, -0.15) is 0 Å². The van der Waals surface area contributed by atoms with Crippen molar-refractivity contribution < 1.29 is 14.3 Å². The Morgan fingerprint density at radius 1 is 1.28 bits per heavy atom.